The summed E-state index contributed by atoms with van der Waals surface area (Å²) in [5.74, 6) is 0. The van der Waals surface area contributed by atoms with Crippen LogP contribution in [-0.4, -0.2) is 52.7 Å². The Hall–Kier alpha value is -0.380. The van der Waals surface area contributed by atoms with Crippen LogP contribution in [0.4, 0.5) is 5.69 Å². The number of nitrogens with one attached hydrogen (secondary N) is 1. The van der Waals surface area contributed by atoms with Crippen LogP contribution in [0.1, 0.15) is 0 Å². The molecule has 1 atom stereocenters. The number of nitrogen functional groups attached to an aromatic ring is 1. The van der Waals surface area contributed by atoms with Gasteiger partial charge in [0.2, 0.25) is 10.0 Å². The minimum atomic E-state index is -3.71. The Morgan fingerprint density at radius 2 is 2.29 bits per heavy atom. The first kappa shape index (κ1) is 17.0. The number of rotatable bonds is 4. The Morgan fingerprint density at radius 3 is 2.95 bits per heavy atom. The molecule has 118 valence electrons. The Kier molecular flexibility index (Phi) is 5.50. The number of nitrogens with two attached hydrogens (primary N) is 1. The largest absolute Gasteiger partial charge is 0.398 e. The molecule has 2 rings (SSSR count). The van der Waals surface area contributed by atoms with Crippen molar-refractivity contribution in [3.05, 3.63) is 21.6 Å². The summed E-state index contributed by atoms with van der Waals surface area (Å²) in [6, 6.07) is 2.85. The Balaban J connectivity index is 2.12. The molecule has 3 N–H and O–H groups in total. The van der Waals surface area contributed by atoms with Crippen LogP contribution in [0.25, 0.3) is 0 Å². The van der Waals surface area contributed by atoms with E-state index in [1.807, 2.05) is 7.05 Å². The van der Waals surface area contributed by atoms with Gasteiger partial charge in [-0.25, -0.2) is 13.1 Å². The second-order valence-electron chi connectivity index (χ2n) is 4.91. The molecule has 9 heteroatoms. The Bertz CT molecular complexity index is 626. The van der Waals surface area contributed by atoms with Crippen LogP contribution in [0.15, 0.2) is 21.5 Å². The molecule has 0 aliphatic carbocycles. The molecule has 0 radical (unpaired) electrons. The van der Waals surface area contributed by atoms with E-state index < -0.39 is 10.0 Å². The van der Waals surface area contributed by atoms with Crippen LogP contribution in [0.5, 0.6) is 0 Å². The molecule has 1 aromatic carbocycles. The van der Waals surface area contributed by atoms with Crippen molar-refractivity contribution in [1.29, 1.82) is 0 Å². The number of hydrogen-bond acceptors (Lipinski definition) is 5. The average Bonchev–Trinajstić information content (AvgIpc) is 2.41. The summed E-state index contributed by atoms with van der Waals surface area (Å²) >= 11 is 9.06. The highest BCUT2D eigenvalue weighted by atomic mass is 79.9. The van der Waals surface area contributed by atoms with E-state index in [1.165, 1.54) is 12.1 Å². The molecule has 1 unspecified atom stereocenters. The van der Waals surface area contributed by atoms with Gasteiger partial charge in [0, 0.05) is 30.3 Å². The first-order valence-electron chi connectivity index (χ1n) is 6.34. The zero-order valence-corrected chi connectivity index (χ0v) is 14.6. The molecule has 1 heterocycles. The molecule has 0 spiro atoms. The molecule has 0 aromatic heterocycles. The molecule has 6 nitrogen and oxygen atoms in total. The van der Waals surface area contributed by atoms with Crippen molar-refractivity contribution in [3.63, 3.8) is 0 Å². The van der Waals surface area contributed by atoms with Crippen molar-refractivity contribution in [2.45, 2.75) is 11.0 Å². The predicted octanol–water partition coefficient (Wildman–Crippen LogP) is 1.29. The third-order valence-electron chi connectivity index (χ3n) is 3.16. The highest BCUT2D eigenvalue weighted by molar-refractivity contribution is 9.10. The number of likely N-dealkylation sites (N-methyl/N-ethyl adjacent to an activating group) is 1. The van der Waals surface area contributed by atoms with E-state index in [0.29, 0.717) is 17.6 Å². The summed E-state index contributed by atoms with van der Waals surface area (Å²) in [5, 5.41) is 0.268. The lowest BCUT2D eigenvalue weighted by atomic mass is 10.3. The maximum Gasteiger partial charge on any atom is 0.241 e. The topological polar surface area (TPSA) is 84.7 Å². The van der Waals surface area contributed by atoms with Crippen LogP contribution in [-0.2, 0) is 14.8 Å². The van der Waals surface area contributed by atoms with Crippen LogP contribution in [0, 0.1) is 0 Å². The summed E-state index contributed by atoms with van der Waals surface area (Å²) in [4.78, 5) is 2.12. The van der Waals surface area contributed by atoms with Crippen LogP contribution in [0.3, 0.4) is 0 Å². The minimum absolute atomic E-state index is 0.0247. The summed E-state index contributed by atoms with van der Waals surface area (Å²) < 4.78 is 33.1. The molecular weight excluding hydrogens is 382 g/mol. The van der Waals surface area contributed by atoms with Crippen LogP contribution >= 0.6 is 27.5 Å². The van der Waals surface area contributed by atoms with Crippen molar-refractivity contribution >= 4 is 43.2 Å². The standard InChI is InChI=1S/C12H17BrClN3O3S/c1-17-2-3-20-9(7-17)6-16-21(18,19)11-5-8(14)4-10(15)12(11)13/h4-5,9,16H,2-3,6-7,15H2,1H3. The van der Waals surface area contributed by atoms with Gasteiger partial charge in [-0.2, -0.15) is 0 Å². The highest BCUT2D eigenvalue weighted by Gasteiger charge is 2.24. The number of sulfonamides is 1. The Morgan fingerprint density at radius 1 is 1.57 bits per heavy atom. The third kappa shape index (κ3) is 4.30. The molecule has 0 saturated carbocycles. The van der Waals surface area contributed by atoms with E-state index in [1.54, 1.807) is 0 Å². The lowest BCUT2D eigenvalue weighted by Crippen LogP contribution is -2.45. The minimum Gasteiger partial charge on any atom is -0.398 e. The zero-order chi connectivity index (χ0) is 15.6. The molecule has 21 heavy (non-hydrogen) atoms. The molecule has 1 aliphatic rings. The monoisotopic (exact) mass is 397 g/mol. The van der Waals surface area contributed by atoms with Gasteiger partial charge in [0.05, 0.1) is 22.1 Å². The molecule has 0 amide bonds. The third-order valence-corrected chi connectivity index (χ3v) is 5.98. The number of anilines is 1. The van der Waals surface area contributed by atoms with E-state index >= 15 is 0 Å². The van der Waals surface area contributed by atoms with Crippen molar-refractivity contribution in [2.75, 3.05) is 39.0 Å². The van der Waals surface area contributed by atoms with E-state index in [9.17, 15) is 8.42 Å². The number of nitrogens with zero attached hydrogens (tertiary/aromatic N) is 1. The lowest BCUT2D eigenvalue weighted by molar-refractivity contribution is -0.0156. The second kappa shape index (κ2) is 6.80. The first-order valence-corrected chi connectivity index (χ1v) is 8.99. The number of morpholine rings is 1. The zero-order valence-electron chi connectivity index (χ0n) is 11.5. The molecule has 1 saturated heterocycles. The number of ether oxygens (including phenoxy) is 1. The quantitative estimate of drug-likeness (QED) is 0.747. The number of halogens is 2. The summed E-state index contributed by atoms with van der Waals surface area (Å²) in [7, 11) is -1.74. The van der Waals surface area contributed by atoms with Crippen LogP contribution < -0.4 is 10.5 Å². The molecule has 1 aromatic rings. The normalized spacial score (nSPS) is 20.6. The lowest BCUT2D eigenvalue weighted by Gasteiger charge is -2.30. The van der Waals surface area contributed by atoms with Gasteiger partial charge < -0.3 is 15.4 Å². The average molecular weight is 399 g/mol. The second-order valence-corrected chi connectivity index (χ2v) is 7.88. The summed E-state index contributed by atoms with van der Waals surface area (Å²) in [6.07, 6.45) is -0.172. The fourth-order valence-electron chi connectivity index (χ4n) is 2.05. The van der Waals surface area contributed by atoms with Gasteiger partial charge >= 0.3 is 0 Å². The van der Waals surface area contributed by atoms with Gasteiger partial charge in [0.1, 0.15) is 0 Å². The molecule has 1 aliphatic heterocycles. The molecular formula is C12H17BrClN3O3S. The fraction of sp³-hybridized carbons (Fsp3) is 0.500. The first-order chi connectivity index (χ1) is 9.79. The van der Waals surface area contributed by atoms with Gasteiger partial charge in [-0.3, -0.25) is 0 Å². The number of benzene rings is 1. The van der Waals surface area contributed by atoms with E-state index in [-0.39, 0.29) is 28.3 Å². The molecule has 0 bridgehead atoms. The van der Waals surface area contributed by atoms with Gasteiger partial charge in [-0.05, 0) is 35.1 Å². The summed E-state index contributed by atoms with van der Waals surface area (Å²) in [5.41, 5.74) is 5.99. The van der Waals surface area contributed by atoms with Gasteiger partial charge in [-0.1, -0.05) is 11.6 Å². The fourth-order valence-corrected chi connectivity index (χ4v) is 4.41. The van der Waals surface area contributed by atoms with E-state index in [0.717, 1.165) is 6.54 Å². The van der Waals surface area contributed by atoms with Gasteiger partial charge in [-0.15, -0.1) is 0 Å². The maximum atomic E-state index is 12.4. The summed E-state index contributed by atoms with van der Waals surface area (Å²) in [6.45, 7) is 2.32. The Labute approximate surface area is 137 Å². The smallest absolute Gasteiger partial charge is 0.241 e. The predicted molar refractivity (Wildman–Crippen MR) is 86.0 cm³/mol. The van der Waals surface area contributed by atoms with Crippen LogP contribution in [0.2, 0.25) is 5.02 Å². The highest BCUT2D eigenvalue weighted by Crippen LogP contribution is 2.31. The van der Waals surface area contributed by atoms with Crippen molar-refractivity contribution in [3.8, 4) is 0 Å². The van der Waals surface area contributed by atoms with Gasteiger partial charge in [0.15, 0.2) is 0 Å². The van der Waals surface area contributed by atoms with E-state index in [2.05, 4.69) is 25.6 Å². The molecule has 1 fully saturated rings. The van der Waals surface area contributed by atoms with Crippen molar-refractivity contribution in [2.24, 2.45) is 0 Å². The van der Waals surface area contributed by atoms with Crippen molar-refractivity contribution in [1.82, 2.24) is 9.62 Å². The number of hydrogen-bond donors (Lipinski definition) is 2. The van der Waals surface area contributed by atoms with Crippen molar-refractivity contribution < 1.29 is 13.2 Å². The van der Waals surface area contributed by atoms with E-state index in [4.69, 9.17) is 22.1 Å². The maximum absolute atomic E-state index is 12.4. The SMILES string of the molecule is CN1CCOC(CNS(=O)(=O)c2cc(Cl)cc(N)c2Br)C1. The van der Waals surface area contributed by atoms with Gasteiger partial charge in [0.25, 0.3) is 0 Å².